The molecule has 3 heteroatoms. The maximum absolute atomic E-state index is 13.6. The Labute approximate surface area is 112 Å². The van der Waals surface area contributed by atoms with E-state index in [0.29, 0.717) is 12.4 Å². The summed E-state index contributed by atoms with van der Waals surface area (Å²) in [4.78, 5) is 0. The molecule has 0 saturated carbocycles. The highest BCUT2D eigenvalue weighted by Crippen LogP contribution is 2.21. The summed E-state index contributed by atoms with van der Waals surface area (Å²) in [6, 6.07) is 14.5. The molecule has 0 aromatic heterocycles. The molecule has 0 aliphatic heterocycles. The molecule has 0 amide bonds. The molecule has 19 heavy (non-hydrogen) atoms. The van der Waals surface area contributed by atoms with E-state index in [-0.39, 0.29) is 5.56 Å². The van der Waals surface area contributed by atoms with Gasteiger partial charge in [0.05, 0.1) is 12.7 Å². The number of rotatable bonds is 5. The van der Waals surface area contributed by atoms with Gasteiger partial charge in [-0.25, -0.2) is 4.39 Å². The van der Waals surface area contributed by atoms with Crippen molar-refractivity contribution in [2.45, 2.75) is 19.4 Å². The summed E-state index contributed by atoms with van der Waals surface area (Å²) < 4.78 is 19.1. The second-order valence-electron chi connectivity index (χ2n) is 4.44. The van der Waals surface area contributed by atoms with Crippen molar-refractivity contribution < 1.29 is 14.2 Å². The molecule has 2 aromatic rings. The first-order valence-electron chi connectivity index (χ1n) is 6.31. The summed E-state index contributed by atoms with van der Waals surface area (Å²) in [5.41, 5.74) is 1.47. The quantitative estimate of drug-likeness (QED) is 0.891. The summed E-state index contributed by atoms with van der Waals surface area (Å²) >= 11 is 0. The van der Waals surface area contributed by atoms with Gasteiger partial charge in [-0.2, -0.15) is 0 Å². The Morgan fingerprint density at radius 2 is 1.89 bits per heavy atom. The average molecular weight is 260 g/mol. The zero-order valence-corrected chi connectivity index (χ0v) is 10.8. The van der Waals surface area contributed by atoms with Gasteiger partial charge in [-0.3, -0.25) is 0 Å². The molecule has 1 atom stereocenters. The fraction of sp³-hybridized carbons (Fsp3) is 0.250. The van der Waals surface area contributed by atoms with Crippen molar-refractivity contribution in [3.05, 3.63) is 65.5 Å². The van der Waals surface area contributed by atoms with Crippen LogP contribution in [-0.4, -0.2) is 11.7 Å². The van der Waals surface area contributed by atoms with Gasteiger partial charge >= 0.3 is 0 Å². The third-order valence-electron chi connectivity index (χ3n) is 2.92. The van der Waals surface area contributed by atoms with E-state index in [2.05, 4.69) is 0 Å². The minimum atomic E-state index is -0.807. The van der Waals surface area contributed by atoms with Gasteiger partial charge in [0.25, 0.3) is 0 Å². The fourth-order valence-electron chi connectivity index (χ4n) is 1.87. The van der Waals surface area contributed by atoms with E-state index < -0.39 is 11.9 Å². The summed E-state index contributed by atoms with van der Waals surface area (Å²) in [6.45, 7) is 2.03. The molecule has 0 spiro atoms. The zero-order chi connectivity index (χ0) is 13.7. The standard InChI is InChI=1S/C16H17FO2/c1-12(18)15-8-7-14(11-16(15)17)19-10-9-13-5-3-2-4-6-13/h2-8,11-12,18H,9-10H2,1H3/t12-/m1/s1. The van der Waals surface area contributed by atoms with Gasteiger partial charge in [0.1, 0.15) is 11.6 Å². The number of hydrogen-bond donors (Lipinski definition) is 1. The van der Waals surface area contributed by atoms with Crippen LogP contribution in [0, 0.1) is 5.82 Å². The van der Waals surface area contributed by atoms with Crippen molar-refractivity contribution in [3.8, 4) is 5.75 Å². The number of halogens is 1. The van der Waals surface area contributed by atoms with Gasteiger partial charge in [0.2, 0.25) is 0 Å². The van der Waals surface area contributed by atoms with Crippen molar-refractivity contribution >= 4 is 0 Å². The summed E-state index contributed by atoms with van der Waals surface area (Å²) in [7, 11) is 0. The van der Waals surface area contributed by atoms with Gasteiger partial charge in [0.15, 0.2) is 0 Å². The molecule has 2 aromatic carbocycles. The van der Waals surface area contributed by atoms with Crippen molar-refractivity contribution in [1.29, 1.82) is 0 Å². The molecular formula is C16H17FO2. The van der Waals surface area contributed by atoms with Gasteiger partial charge in [-0.05, 0) is 24.6 Å². The van der Waals surface area contributed by atoms with E-state index in [1.807, 2.05) is 30.3 Å². The van der Waals surface area contributed by atoms with E-state index in [1.54, 1.807) is 12.1 Å². The molecular weight excluding hydrogens is 243 g/mol. The van der Waals surface area contributed by atoms with Crippen LogP contribution < -0.4 is 4.74 Å². The number of aliphatic hydroxyl groups is 1. The summed E-state index contributed by atoms with van der Waals surface area (Å²) in [5.74, 6) is 0.0463. The molecule has 0 radical (unpaired) electrons. The molecule has 0 heterocycles. The Hall–Kier alpha value is -1.87. The Morgan fingerprint density at radius 1 is 1.16 bits per heavy atom. The van der Waals surface area contributed by atoms with Crippen molar-refractivity contribution in [2.75, 3.05) is 6.61 Å². The summed E-state index contributed by atoms with van der Waals surface area (Å²) in [5, 5.41) is 9.34. The molecule has 0 bridgehead atoms. The third kappa shape index (κ3) is 3.80. The Morgan fingerprint density at radius 3 is 2.53 bits per heavy atom. The normalized spacial score (nSPS) is 12.2. The van der Waals surface area contributed by atoms with Gasteiger partial charge in [-0.15, -0.1) is 0 Å². The highest BCUT2D eigenvalue weighted by Gasteiger charge is 2.08. The van der Waals surface area contributed by atoms with Crippen LogP contribution in [0.2, 0.25) is 0 Å². The summed E-state index contributed by atoms with van der Waals surface area (Å²) in [6.07, 6.45) is -0.0287. The lowest BCUT2D eigenvalue weighted by Crippen LogP contribution is -2.02. The Kier molecular flexibility index (Phi) is 4.53. The molecule has 2 rings (SSSR count). The highest BCUT2D eigenvalue weighted by atomic mass is 19.1. The van der Waals surface area contributed by atoms with Gasteiger partial charge < -0.3 is 9.84 Å². The van der Waals surface area contributed by atoms with Crippen LogP contribution in [0.15, 0.2) is 48.5 Å². The number of hydrogen-bond acceptors (Lipinski definition) is 2. The van der Waals surface area contributed by atoms with E-state index in [1.165, 1.54) is 18.6 Å². The number of ether oxygens (including phenoxy) is 1. The van der Waals surface area contributed by atoms with Crippen LogP contribution in [0.5, 0.6) is 5.75 Å². The highest BCUT2D eigenvalue weighted by molar-refractivity contribution is 5.30. The predicted molar refractivity (Wildman–Crippen MR) is 72.7 cm³/mol. The van der Waals surface area contributed by atoms with E-state index in [9.17, 15) is 9.50 Å². The first-order chi connectivity index (χ1) is 9.16. The van der Waals surface area contributed by atoms with Crippen molar-refractivity contribution in [1.82, 2.24) is 0 Å². The molecule has 100 valence electrons. The topological polar surface area (TPSA) is 29.5 Å². The van der Waals surface area contributed by atoms with Crippen molar-refractivity contribution in [3.63, 3.8) is 0 Å². The number of aliphatic hydroxyl groups excluding tert-OH is 1. The second kappa shape index (κ2) is 6.34. The molecule has 0 saturated heterocycles. The first kappa shape index (κ1) is 13.6. The maximum atomic E-state index is 13.6. The monoisotopic (exact) mass is 260 g/mol. The first-order valence-corrected chi connectivity index (χ1v) is 6.31. The lowest BCUT2D eigenvalue weighted by atomic mass is 10.1. The average Bonchev–Trinajstić information content (AvgIpc) is 2.39. The third-order valence-corrected chi connectivity index (χ3v) is 2.92. The number of benzene rings is 2. The van der Waals surface area contributed by atoms with E-state index in [0.717, 1.165) is 6.42 Å². The Bertz CT molecular complexity index is 524. The van der Waals surface area contributed by atoms with Crippen LogP contribution in [0.4, 0.5) is 4.39 Å². The predicted octanol–water partition coefficient (Wildman–Crippen LogP) is 3.50. The second-order valence-corrected chi connectivity index (χ2v) is 4.44. The largest absolute Gasteiger partial charge is 0.493 e. The molecule has 0 unspecified atom stereocenters. The fourth-order valence-corrected chi connectivity index (χ4v) is 1.87. The molecule has 0 fully saturated rings. The lowest BCUT2D eigenvalue weighted by Gasteiger charge is -2.10. The van der Waals surface area contributed by atoms with Crippen LogP contribution in [0.1, 0.15) is 24.2 Å². The van der Waals surface area contributed by atoms with Crippen LogP contribution >= 0.6 is 0 Å². The minimum Gasteiger partial charge on any atom is -0.493 e. The van der Waals surface area contributed by atoms with Crippen molar-refractivity contribution in [2.24, 2.45) is 0 Å². The van der Waals surface area contributed by atoms with E-state index in [4.69, 9.17) is 4.74 Å². The SMILES string of the molecule is C[C@@H](O)c1ccc(OCCc2ccccc2)cc1F. The van der Waals surface area contributed by atoms with Crippen LogP contribution in [-0.2, 0) is 6.42 Å². The Balaban J connectivity index is 1.92. The lowest BCUT2D eigenvalue weighted by molar-refractivity contribution is 0.194. The van der Waals surface area contributed by atoms with E-state index >= 15 is 0 Å². The molecule has 1 N–H and O–H groups in total. The molecule has 0 aliphatic rings. The van der Waals surface area contributed by atoms with Crippen LogP contribution in [0.25, 0.3) is 0 Å². The minimum absolute atomic E-state index is 0.287. The van der Waals surface area contributed by atoms with Gasteiger partial charge in [0, 0.05) is 18.1 Å². The smallest absolute Gasteiger partial charge is 0.132 e. The molecule has 2 nitrogen and oxygen atoms in total. The zero-order valence-electron chi connectivity index (χ0n) is 10.8. The maximum Gasteiger partial charge on any atom is 0.132 e. The van der Waals surface area contributed by atoms with Gasteiger partial charge in [-0.1, -0.05) is 30.3 Å². The molecule has 0 aliphatic carbocycles. The van der Waals surface area contributed by atoms with Crippen LogP contribution in [0.3, 0.4) is 0 Å².